The van der Waals surface area contributed by atoms with Crippen molar-refractivity contribution >= 4 is 5.97 Å². The summed E-state index contributed by atoms with van der Waals surface area (Å²) in [6.07, 6.45) is 0.278. The maximum atomic E-state index is 12.2. The van der Waals surface area contributed by atoms with E-state index < -0.39 is 11.7 Å². The zero-order valence-corrected chi connectivity index (χ0v) is 14.4. The number of epoxide rings is 1. The maximum Gasteiger partial charge on any atom is 0.334 e. The highest BCUT2D eigenvalue weighted by Gasteiger charge is 2.70. The first kappa shape index (κ1) is 16.3. The molecular weight excluding hydrogens is 308 g/mol. The Hall–Kier alpha value is -1.17. The van der Waals surface area contributed by atoms with E-state index in [1.165, 1.54) is 0 Å². The Bertz CT molecular complexity index is 591. The van der Waals surface area contributed by atoms with Gasteiger partial charge >= 0.3 is 5.97 Å². The number of aliphatic hydroxyl groups excluding tert-OH is 1. The zero-order chi connectivity index (χ0) is 17.2. The molecule has 1 spiro atoms. The second-order valence-electron chi connectivity index (χ2n) is 8.18. The summed E-state index contributed by atoms with van der Waals surface area (Å²) < 4.78 is 17.6. The Labute approximate surface area is 142 Å². The molecule has 0 radical (unpaired) electrons. The lowest BCUT2D eigenvalue weighted by Crippen LogP contribution is -2.43. The number of carbonyl (C=O) groups is 1. The van der Waals surface area contributed by atoms with E-state index >= 15 is 0 Å². The van der Waals surface area contributed by atoms with Crippen LogP contribution in [0.3, 0.4) is 0 Å². The fourth-order valence-electron chi connectivity index (χ4n) is 4.90. The van der Waals surface area contributed by atoms with Gasteiger partial charge in [0.25, 0.3) is 0 Å². The van der Waals surface area contributed by atoms with E-state index in [0.717, 1.165) is 5.57 Å². The van der Waals surface area contributed by atoms with Gasteiger partial charge in [-0.05, 0) is 24.7 Å². The van der Waals surface area contributed by atoms with Gasteiger partial charge in [0.1, 0.15) is 11.7 Å². The summed E-state index contributed by atoms with van der Waals surface area (Å²) in [5, 5.41) is 10.5. The van der Waals surface area contributed by atoms with Crippen LogP contribution in [0.15, 0.2) is 24.3 Å². The topological polar surface area (TPSA) is 68.3 Å². The standard InChI is InChI=1S/C19H26O5/c1-9(2)7-22-13-5-10(3)12-6-14(20)19(8-23-19)16(12)17-15(13)11(4)18(21)24-17/h9,12-17,20H,3-8H2,1-2H3/t12-,13-,14-,15+,16-,17+,19+/m0/s1. The van der Waals surface area contributed by atoms with Crippen LogP contribution in [0.4, 0.5) is 0 Å². The number of hydrogen-bond acceptors (Lipinski definition) is 5. The molecule has 5 nitrogen and oxygen atoms in total. The van der Waals surface area contributed by atoms with Gasteiger partial charge in [-0.3, -0.25) is 0 Å². The average Bonchev–Trinajstić information content (AvgIpc) is 3.20. The van der Waals surface area contributed by atoms with Crippen molar-refractivity contribution in [2.45, 2.75) is 50.6 Å². The van der Waals surface area contributed by atoms with Crippen molar-refractivity contribution in [2.24, 2.45) is 23.7 Å². The SMILES string of the molecule is C=C1C(=O)O[C@@H]2[C@H]1[C@@H](OCC(C)C)CC(=C)[C@@H]1C[C@H](O)[C@]3(CO3)[C@H]21. The van der Waals surface area contributed by atoms with Gasteiger partial charge in [0.2, 0.25) is 0 Å². The molecule has 0 unspecified atom stereocenters. The molecular formula is C19H26O5. The Balaban J connectivity index is 1.70. The van der Waals surface area contributed by atoms with Gasteiger partial charge in [0, 0.05) is 18.1 Å². The number of rotatable bonds is 3. The molecule has 2 saturated carbocycles. The van der Waals surface area contributed by atoms with E-state index in [9.17, 15) is 9.90 Å². The second kappa shape index (κ2) is 5.41. The molecule has 4 rings (SSSR count). The van der Waals surface area contributed by atoms with Crippen molar-refractivity contribution in [3.8, 4) is 0 Å². The minimum absolute atomic E-state index is 0.0548. The Kier molecular flexibility index (Phi) is 3.68. The summed E-state index contributed by atoms with van der Waals surface area (Å²) in [6, 6.07) is 0. The summed E-state index contributed by atoms with van der Waals surface area (Å²) >= 11 is 0. The highest BCUT2D eigenvalue weighted by atomic mass is 16.6. The summed E-state index contributed by atoms with van der Waals surface area (Å²) in [7, 11) is 0. The molecule has 1 N–H and O–H groups in total. The fourth-order valence-corrected chi connectivity index (χ4v) is 4.90. The summed E-state index contributed by atoms with van der Waals surface area (Å²) in [6.45, 7) is 13.6. The lowest BCUT2D eigenvalue weighted by Gasteiger charge is -2.30. The molecule has 2 saturated heterocycles. The summed E-state index contributed by atoms with van der Waals surface area (Å²) in [5.41, 5.74) is 0.979. The van der Waals surface area contributed by atoms with Gasteiger partial charge in [-0.15, -0.1) is 0 Å². The third kappa shape index (κ3) is 2.21. The van der Waals surface area contributed by atoms with Crippen molar-refractivity contribution in [3.63, 3.8) is 0 Å². The van der Waals surface area contributed by atoms with Gasteiger partial charge in [0.05, 0.1) is 24.7 Å². The number of hydrogen-bond donors (Lipinski definition) is 1. The van der Waals surface area contributed by atoms with E-state index in [1.807, 2.05) is 0 Å². The zero-order valence-electron chi connectivity index (χ0n) is 14.4. The minimum atomic E-state index is -0.575. The van der Waals surface area contributed by atoms with Gasteiger partial charge < -0.3 is 19.3 Å². The van der Waals surface area contributed by atoms with E-state index in [2.05, 4.69) is 27.0 Å². The Morgan fingerprint density at radius 1 is 1.42 bits per heavy atom. The van der Waals surface area contributed by atoms with Crippen LogP contribution in [0.1, 0.15) is 26.7 Å². The Morgan fingerprint density at radius 2 is 2.12 bits per heavy atom. The molecule has 0 amide bonds. The summed E-state index contributed by atoms with van der Waals surface area (Å²) in [4.78, 5) is 12.2. The second-order valence-corrected chi connectivity index (χ2v) is 8.18. The molecule has 2 aliphatic heterocycles. The van der Waals surface area contributed by atoms with Crippen molar-refractivity contribution in [1.82, 2.24) is 0 Å². The van der Waals surface area contributed by atoms with Gasteiger partial charge in [-0.1, -0.05) is 32.6 Å². The summed E-state index contributed by atoms with van der Waals surface area (Å²) in [5.74, 6) is -0.0751. The molecule has 7 atom stereocenters. The van der Waals surface area contributed by atoms with Crippen LogP contribution < -0.4 is 0 Å². The molecule has 2 heterocycles. The van der Waals surface area contributed by atoms with Crippen LogP contribution in [0.25, 0.3) is 0 Å². The van der Waals surface area contributed by atoms with Gasteiger partial charge in [-0.25, -0.2) is 4.79 Å². The number of ether oxygens (including phenoxy) is 3. The predicted molar refractivity (Wildman–Crippen MR) is 87.1 cm³/mol. The lowest BCUT2D eigenvalue weighted by atomic mass is 9.78. The number of esters is 1. The molecule has 4 fully saturated rings. The van der Waals surface area contributed by atoms with Gasteiger partial charge in [0.15, 0.2) is 0 Å². The first-order valence-corrected chi connectivity index (χ1v) is 8.86. The average molecular weight is 334 g/mol. The predicted octanol–water partition coefficient (Wildman–Crippen LogP) is 1.85. The van der Waals surface area contributed by atoms with Crippen molar-refractivity contribution in [1.29, 1.82) is 0 Å². The van der Waals surface area contributed by atoms with Gasteiger partial charge in [-0.2, -0.15) is 0 Å². The van der Waals surface area contributed by atoms with Crippen molar-refractivity contribution in [3.05, 3.63) is 24.3 Å². The van der Waals surface area contributed by atoms with Crippen LogP contribution in [-0.4, -0.2) is 48.2 Å². The van der Waals surface area contributed by atoms with Crippen LogP contribution in [0.2, 0.25) is 0 Å². The molecule has 24 heavy (non-hydrogen) atoms. The van der Waals surface area contributed by atoms with Crippen LogP contribution in [0.5, 0.6) is 0 Å². The van der Waals surface area contributed by atoms with E-state index in [1.54, 1.807) is 0 Å². The van der Waals surface area contributed by atoms with E-state index in [4.69, 9.17) is 14.2 Å². The maximum absolute atomic E-state index is 12.2. The lowest BCUT2D eigenvalue weighted by molar-refractivity contribution is -0.144. The molecule has 2 aliphatic carbocycles. The van der Waals surface area contributed by atoms with E-state index in [0.29, 0.717) is 37.5 Å². The van der Waals surface area contributed by atoms with Crippen LogP contribution in [-0.2, 0) is 19.0 Å². The highest BCUT2D eigenvalue weighted by Crippen LogP contribution is 2.60. The van der Waals surface area contributed by atoms with Crippen LogP contribution >= 0.6 is 0 Å². The Morgan fingerprint density at radius 3 is 2.75 bits per heavy atom. The molecule has 0 aromatic rings. The van der Waals surface area contributed by atoms with Crippen molar-refractivity contribution < 1.29 is 24.1 Å². The third-order valence-corrected chi connectivity index (χ3v) is 6.16. The number of aliphatic hydroxyl groups is 1. The quantitative estimate of drug-likeness (QED) is 0.369. The molecule has 0 aromatic carbocycles. The monoisotopic (exact) mass is 334 g/mol. The van der Waals surface area contributed by atoms with Crippen LogP contribution in [0, 0.1) is 23.7 Å². The first-order valence-electron chi connectivity index (χ1n) is 8.86. The molecule has 5 heteroatoms. The minimum Gasteiger partial charge on any atom is -0.458 e. The largest absolute Gasteiger partial charge is 0.458 e. The number of carbonyl (C=O) groups excluding carboxylic acids is 1. The molecule has 4 aliphatic rings. The molecule has 132 valence electrons. The molecule has 0 aromatic heterocycles. The smallest absolute Gasteiger partial charge is 0.334 e. The first-order chi connectivity index (χ1) is 11.3. The van der Waals surface area contributed by atoms with Crippen molar-refractivity contribution in [2.75, 3.05) is 13.2 Å². The van der Waals surface area contributed by atoms with E-state index in [-0.39, 0.29) is 35.9 Å². The highest BCUT2D eigenvalue weighted by molar-refractivity contribution is 5.91. The number of fused-ring (bicyclic) bond motifs is 4. The normalized spacial score (nSPS) is 46.9. The fraction of sp³-hybridized carbons (Fsp3) is 0.737. The third-order valence-electron chi connectivity index (χ3n) is 6.16. The molecule has 0 bridgehead atoms.